The summed E-state index contributed by atoms with van der Waals surface area (Å²) in [7, 11) is 0. The lowest BCUT2D eigenvalue weighted by Gasteiger charge is -2.31. The third-order valence-corrected chi connectivity index (χ3v) is 4.36. The van der Waals surface area contributed by atoms with E-state index in [9.17, 15) is 0 Å². The average Bonchev–Trinajstić information content (AvgIpc) is 2.33. The van der Waals surface area contributed by atoms with Gasteiger partial charge in [0, 0.05) is 0 Å². The van der Waals surface area contributed by atoms with E-state index in [1.807, 2.05) is 0 Å². The van der Waals surface area contributed by atoms with Crippen LogP contribution in [-0.2, 0) is 0 Å². The molecule has 0 heterocycles. The molecule has 0 N–H and O–H groups in total. The van der Waals surface area contributed by atoms with E-state index in [0.717, 1.165) is 0 Å². The number of nitrogens with zero attached hydrogens (tertiary/aromatic N) is 2. The summed E-state index contributed by atoms with van der Waals surface area (Å²) in [6.45, 7) is 4.73. The van der Waals surface area contributed by atoms with Gasteiger partial charge in [0.05, 0.1) is 18.1 Å². The van der Waals surface area contributed by atoms with Gasteiger partial charge >= 0.3 is 0 Å². The maximum atomic E-state index is 4.53. The second-order valence-electron chi connectivity index (χ2n) is 6.55. The molecule has 2 saturated carbocycles. The predicted octanol–water partition coefficient (Wildman–Crippen LogP) is 4.46. The molecular weight excluding hydrogens is 208 g/mol. The molecule has 17 heavy (non-hydrogen) atoms. The van der Waals surface area contributed by atoms with Crippen LogP contribution in [0, 0.1) is 5.41 Å². The highest BCUT2D eigenvalue weighted by Crippen LogP contribution is 2.35. The van der Waals surface area contributed by atoms with Crippen LogP contribution in [0.15, 0.2) is 9.98 Å². The van der Waals surface area contributed by atoms with Crippen LogP contribution in [0.4, 0.5) is 0 Å². The molecule has 2 aliphatic rings. The van der Waals surface area contributed by atoms with Gasteiger partial charge in [0.2, 0.25) is 0 Å². The van der Waals surface area contributed by atoms with Gasteiger partial charge in [0.25, 0.3) is 0 Å². The predicted molar refractivity (Wildman–Crippen MR) is 72.8 cm³/mol. The minimum Gasteiger partial charge on any atom is -0.222 e. The fourth-order valence-corrected chi connectivity index (χ4v) is 2.92. The Morgan fingerprint density at radius 3 is 1.94 bits per heavy atom. The highest BCUT2D eigenvalue weighted by atomic mass is 14.9. The van der Waals surface area contributed by atoms with Gasteiger partial charge in [-0.25, -0.2) is 9.98 Å². The topological polar surface area (TPSA) is 24.7 Å². The molecular formula is C15H26N2. The second kappa shape index (κ2) is 5.82. The Hall–Kier alpha value is -0.620. The van der Waals surface area contributed by atoms with Gasteiger partial charge in [0.15, 0.2) is 0 Å². The number of aliphatic imine (C=N–C) groups is 2. The molecule has 0 saturated heterocycles. The summed E-state index contributed by atoms with van der Waals surface area (Å²) in [5.74, 6) is 0. The second-order valence-corrected chi connectivity index (χ2v) is 6.55. The van der Waals surface area contributed by atoms with Crippen molar-refractivity contribution >= 4 is 6.01 Å². The normalized spacial score (nSPS) is 26.2. The molecule has 0 unspecified atom stereocenters. The van der Waals surface area contributed by atoms with E-state index in [-0.39, 0.29) is 0 Å². The summed E-state index contributed by atoms with van der Waals surface area (Å²) < 4.78 is 0. The van der Waals surface area contributed by atoms with Gasteiger partial charge in [-0.3, -0.25) is 0 Å². The van der Waals surface area contributed by atoms with Crippen LogP contribution in [0.5, 0.6) is 0 Å². The van der Waals surface area contributed by atoms with Gasteiger partial charge in [-0.05, 0) is 43.9 Å². The number of hydrogen-bond donors (Lipinski definition) is 0. The fraction of sp³-hybridized carbons (Fsp3) is 0.933. The van der Waals surface area contributed by atoms with Crippen LogP contribution in [0.1, 0.15) is 71.6 Å². The molecule has 0 bridgehead atoms. The van der Waals surface area contributed by atoms with Crippen molar-refractivity contribution in [3.63, 3.8) is 0 Å². The molecule has 0 aromatic heterocycles. The molecule has 0 aromatic rings. The lowest BCUT2D eigenvalue weighted by atomic mass is 9.76. The van der Waals surface area contributed by atoms with Crippen molar-refractivity contribution in [2.45, 2.75) is 83.7 Å². The Kier molecular flexibility index (Phi) is 4.39. The molecule has 0 spiro atoms. The van der Waals surface area contributed by atoms with E-state index in [1.54, 1.807) is 0 Å². The van der Waals surface area contributed by atoms with E-state index in [1.165, 1.54) is 57.8 Å². The summed E-state index contributed by atoms with van der Waals surface area (Å²) in [5.41, 5.74) is 0.534. The van der Waals surface area contributed by atoms with E-state index < -0.39 is 0 Å². The average molecular weight is 234 g/mol. The third kappa shape index (κ3) is 4.27. The standard InChI is InChI=1S/C15H26N2/c1-15(2)10-8-14(9-11-15)17-12-16-13-6-4-3-5-7-13/h13-14H,3-11H2,1-2H3. The van der Waals surface area contributed by atoms with Gasteiger partial charge in [-0.2, -0.15) is 0 Å². The first kappa shape index (κ1) is 12.8. The van der Waals surface area contributed by atoms with E-state index in [4.69, 9.17) is 0 Å². The van der Waals surface area contributed by atoms with E-state index >= 15 is 0 Å². The van der Waals surface area contributed by atoms with Crippen molar-refractivity contribution < 1.29 is 0 Å². The monoisotopic (exact) mass is 234 g/mol. The Morgan fingerprint density at radius 2 is 1.35 bits per heavy atom. The summed E-state index contributed by atoms with van der Waals surface area (Å²) in [5, 5.41) is 0. The summed E-state index contributed by atoms with van der Waals surface area (Å²) >= 11 is 0. The highest BCUT2D eigenvalue weighted by molar-refractivity contribution is 5.42. The zero-order valence-electron chi connectivity index (χ0n) is 11.4. The Morgan fingerprint density at radius 1 is 0.824 bits per heavy atom. The van der Waals surface area contributed by atoms with Crippen LogP contribution in [-0.4, -0.2) is 18.1 Å². The maximum Gasteiger partial charge on any atom is 0.0898 e. The number of rotatable bonds is 2. The van der Waals surface area contributed by atoms with Crippen molar-refractivity contribution in [3.05, 3.63) is 0 Å². The van der Waals surface area contributed by atoms with Crippen molar-refractivity contribution in [1.82, 2.24) is 0 Å². The first-order chi connectivity index (χ1) is 8.16. The lowest BCUT2D eigenvalue weighted by Crippen LogP contribution is -2.23. The van der Waals surface area contributed by atoms with Gasteiger partial charge in [-0.1, -0.05) is 33.1 Å². The van der Waals surface area contributed by atoms with Crippen LogP contribution in [0.3, 0.4) is 0 Å². The minimum absolute atomic E-state index is 0.496. The number of hydrogen-bond acceptors (Lipinski definition) is 2. The maximum absolute atomic E-state index is 4.53. The summed E-state index contributed by atoms with van der Waals surface area (Å²) in [6.07, 6.45) is 11.6. The van der Waals surface area contributed by atoms with Crippen LogP contribution in [0.25, 0.3) is 0 Å². The summed E-state index contributed by atoms with van der Waals surface area (Å²) in [4.78, 5) is 9.02. The largest absolute Gasteiger partial charge is 0.222 e. The Balaban J connectivity index is 1.78. The molecule has 0 atom stereocenters. The quantitative estimate of drug-likeness (QED) is 0.630. The smallest absolute Gasteiger partial charge is 0.0898 e. The molecule has 0 aromatic carbocycles. The molecule has 2 nitrogen and oxygen atoms in total. The Bertz CT molecular complexity index is 284. The lowest BCUT2D eigenvalue weighted by molar-refractivity contribution is 0.226. The first-order valence-electron chi connectivity index (χ1n) is 7.30. The van der Waals surface area contributed by atoms with Crippen molar-refractivity contribution in [3.8, 4) is 0 Å². The molecule has 2 aliphatic carbocycles. The molecule has 2 fully saturated rings. The molecule has 96 valence electrons. The molecule has 2 heteroatoms. The van der Waals surface area contributed by atoms with Crippen molar-refractivity contribution in [2.24, 2.45) is 15.4 Å². The van der Waals surface area contributed by atoms with Gasteiger partial charge in [-0.15, -0.1) is 0 Å². The molecule has 0 radical (unpaired) electrons. The summed E-state index contributed by atoms with van der Waals surface area (Å²) in [6, 6.07) is 4.02. The zero-order valence-corrected chi connectivity index (χ0v) is 11.4. The first-order valence-corrected chi connectivity index (χ1v) is 7.30. The van der Waals surface area contributed by atoms with Crippen LogP contribution in [0.2, 0.25) is 0 Å². The SMILES string of the molecule is CC1(C)CCC(N=C=NC2CCCCC2)CC1. The van der Waals surface area contributed by atoms with Crippen LogP contribution >= 0.6 is 0 Å². The van der Waals surface area contributed by atoms with Gasteiger partial charge in [0.1, 0.15) is 0 Å². The Labute approximate surface area is 106 Å². The van der Waals surface area contributed by atoms with E-state index in [0.29, 0.717) is 17.5 Å². The fourth-order valence-electron chi connectivity index (χ4n) is 2.92. The minimum atomic E-state index is 0.496. The highest BCUT2D eigenvalue weighted by Gasteiger charge is 2.26. The molecule has 0 aliphatic heterocycles. The third-order valence-electron chi connectivity index (χ3n) is 4.36. The zero-order chi connectivity index (χ0) is 12.1. The molecule has 2 rings (SSSR count). The van der Waals surface area contributed by atoms with Crippen molar-refractivity contribution in [1.29, 1.82) is 0 Å². The van der Waals surface area contributed by atoms with Crippen LogP contribution < -0.4 is 0 Å². The van der Waals surface area contributed by atoms with E-state index in [2.05, 4.69) is 29.8 Å². The van der Waals surface area contributed by atoms with Crippen molar-refractivity contribution in [2.75, 3.05) is 0 Å². The van der Waals surface area contributed by atoms with Gasteiger partial charge < -0.3 is 0 Å². The molecule has 0 amide bonds.